The highest BCUT2D eigenvalue weighted by Crippen LogP contribution is 2.22. The van der Waals surface area contributed by atoms with Gasteiger partial charge in [0.25, 0.3) is 5.91 Å². The summed E-state index contributed by atoms with van der Waals surface area (Å²) in [6.07, 6.45) is -1.32. The molecule has 1 heterocycles. The molecule has 0 bridgehead atoms. The summed E-state index contributed by atoms with van der Waals surface area (Å²) >= 11 is 5.90. The van der Waals surface area contributed by atoms with Crippen LogP contribution in [-0.4, -0.2) is 41.5 Å². The van der Waals surface area contributed by atoms with Crippen LogP contribution in [0.5, 0.6) is 0 Å². The quantitative estimate of drug-likeness (QED) is 0.917. The minimum Gasteiger partial charge on any atom is -0.378 e. The lowest BCUT2D eigenvalue weighted by molar-refractivity contribution is -0.144. The Balaban J connectivity index is 1.69. The SMILES string of the molecule is Cc1ccc(N2CCN(C(=O)C(O)c3cccc(Cl)c3)CC2=O)cc1. The van der Waals surface area contributed by atoms with Gasteiger partial charge in [-0.15, -0.1) is 0 Å². The van der Waals surface area contributed by atoms with E-state index in [-0.39, 0.29) is 12.5 Å². The molecule has 130 valence electrons. The summed E-state index contributed by atoms with van der Waals surface area (Å²) in [7, 11) is 0. The second-order valence-corrected chi connectivity index (χ2v) is 6.53. The Labute approximate surface area is 151 Å². The number of benzene rings is 2. The molecule has 1 N–H and O–H groups in total. The third-order valence-corrected chi connectivity index (χ3v) is 4.51. The van der Waals surface area contributed by atoms with Crippen molar-refractivity contribution in [3.63, 3.8) is 0 Å². The van der Waals surface area contributed by atoms with Crippen LogP contribution >= 0.6 is 11.6 Å². The Morgan fingerprint density at radius 1 is 1.16 bits per heavy atom. The summed E-state index contributed by atoms with van der Waals surface area (Å²) in [5.41, 5.74) is 2.36. The Morgan fingerprint density at radius 3 is 2.52 bits per heavy atom. The number of nitrogens with zero attached hydrogens (tertiary/aromatic N) is 2. The maximum Gasteiger partial charge on any atom is 0.256 e. The molecule has 0 saturated carbocycles. The van der Waals surface area contributed by atoms with Gasteiger partial charge in [0.15, 0.2) is 6.10 Å². The van der Waals surface area contributed by atoms with Crippen molar-refractivity contribution in [2.45, 2.75) is 13.0 Å². The topological polar surface area (TPSA) is 60.9 Å². The van der Waals surface area contributed by atoms with E-state index in [2.05, 4.69) is 0 Å². The second kappa shape index (κ2) is 7.25. The molecule has 5 nitrogen and oxygen atoms in total. The number of aliphatic hydroxyl groups is 1. The highest BCUT2D eigenvalue weighted by Gasteiger charge is 2.31. The van der Waals surface area contributed by atoms with Gasteiger partial charge in [-0.3, -0.25) is 9.59 Å². The minimum absolute atomic E-state index is 0.0513. The predicted octanol–water partition coefficient (Wildman–Crippen LogP) is 2.56. The van der Waals surface area contributed by atoms with Crippen LogP contribution in [-0.2, 0) is 9.59 Å². The zero-order valence-electron chi connectivity index (χ0n) is 13.9. The standard InChI is InChI=1S/C19H19ClN2O3/c1-13-5-7-16(8-6-13)22-10-9-21(12-17(22)23)19(25)18(24)14-3-2-4-15(20)11-14/h2-8,11,18,24H,9-10,12H2,1H3. The highest BCUT2D eigenvalue weighted by atomic mass is 35.5. The van der Waals surface area contributed by atoms with Gasteiger partial charge < -0.3 is 14.9 Å². The fourth-order valence-corrected chi connectivity index (χ4v) is 3.05. The fraction of sp³-hybridized carbons (Fsp3) is 0.263. The first-order chi connectivity index (χ1) is 12.0. The number of carbonyl (C=O) groups is 2. The molecule has 1 unspecified atom stereocenters. The van der Waals surface area contributed by atoms with E-state index in [1.54, 1.807) is 29.2 Å². The largest absolute Gasteiger partial charge is 0.378 e. The van der Waals surface area contributed by atoms with Crippen LogP contribution in [0.2, 0.25) is 5.02 Å². The van der Waals surface area contributed by atoms with Gasteiger partial charge in [-0.2, -0.15) is 0 Å². The van der Waals surface area contributed by atoms with Crippen molar-refractivity contribution in [3.8, 4) is 0 Å². The summed E-state index contributed by atoms with van der Waals surface area (Å²) in [5.74, 6) is -0.652. The number of rotatable bonds is 3. The highest BCUT2D eigenvalue weighted by molar-refractivity contribution is 6.30. The summed E-state index contributed by atoms with van der Waals surface area (Å²) in [5, 5.41) is 10.7. The van der Waals surface area contributed by atoms with Crippen LogP contribution in [0.3, 0.4) is 0 Å². The first-order valence-electron chi connectivity index (χ1n) is 8.05. The number of aryl methyl sites for hydroxylation is 1. The van der Waals surface area contributed by atoms with Crippen molar-refractivity contribution in [3.05, 3.63) is 64.7 Å². The van der Waals surface area contributed by atoms with Gasteiger partial charge in [0.1, 0.15) is 6.54 Å². The van der Waals surface area contributed by atoms with Gasteiger partial charge in [0.05, 0.1) is 0 Å². The molecule has 25 heavy (non-hydrogen) atoms. The normalized spacial score (nSPS) is 16.0. The van der Waals surface area contributed by atoms with E-state index >= 15 is 0 Å². The van der Waals surface area contributed by atoms with Crippen molar-refractivity contribution >= 4 is 29.1 Å². The van der Waals surface area contributed by atoms with E-state index in [4.69, 9.17) is 11.6 Å². The van der Waals surface area contributed by atoms with E-state index in [9.17, 15) is 14.7 Å². The van der Waals surface area contributed by atoms with Crippen molar-refractivity contribution in [2.75, 3.05) is 24.5 Å². The van der Waals surface area contributed by atoms with Crippen molar-refractivity contribution in [1.29, 1.82) is 0 Å². The third-order valence-electron chi connectivity index (χ3n) is 4.28. The first-order valence-corrected chi connectivity index (χ1v) is 8.43. The number of halogens is 1. The Bertz CT molecular complexity index is 792. The summed E-state index contributed by atoms with van der Waals surface area (Å²) in [6, 6.07) is 14.2. The zero-order chi connectivity index (χ0) is 18.0. The van der Waals surface area contributed by atoms with Gasteiger partial charge in [0, 0.05) is 23.8 Å². The minimum atomic E-state index is -1.32. The van der Waals surface area contributed by atoms with Gasteiger partial charge in [-0.1, -0.05) is 41.4 Å². The smallest absolute Gasteiger partial charge is 0.256 e. The molecule has 1 saturated heterocycles. The van der Waals surface area contributed by atoms with E-state index < -0.39 is 12.0 Å². The van der Waals surface area contributed by atoms with Crippen molar-refractivity contribution in [1.82, 2.24) is 4.90 Å². The molecule has 0 spiro atoms. The molecule has 0 aromatic heterocycles. The van der Waals surface area contributed by atoms with Crippen molar-refractivity contribution < 1.29 is 14.7 Å². The average Bonchev–Trinajstić information content (AvgIpc) is 2.61. The summed E-state index contributed by atoms with van der Waals surface area (Å²) < 4.78 is 0. The number of piperazine rings is 1. The van der Waals surface area contributed by atoms with Crippen LogP contribution in [0, 0.1) is 6.92 Å². The Hall–Kier alpha value is -2.37. The van der Waals surface area contributed by atoms with E-state index in [0.717, 1.165) is 11.3 Å². The molecular weight excluding hydrogens is 340 g/mol. The number of hydrogen-bond acceptors (Lipinski definition) is 3. The van der Waals surface area contributed by atoms with E-state index in [0.29, 0.717) is 23.7 Å². The third kappa shape index (κ3) is 3.83. The van der Waals surface area contributed by atoms with Gasteiger partial charge in [-0.25, -0.2) is 0 Å². The maximum absolute atomic E-state index is 12.5. The molecule has 1 aliphatic rings. The maximum atomic E-state index is 12.5. The lowest BCUT2D eigenvalue weighted by Gasteiger charge is -2.35. The lowest BCUT2D eigenvalue weighted by atomic mass is 10.1. The lowest BCUT2D eigenvalue weighted by Crippen LogP contribution is -2.53. The number of hydrogen-bond donors (Lipinski definition) is 1. The molecule has 1 aliphatic heterocycles. The van der Waals surface area contributed by atoms with Gasteiger partial charge in [0.2, 0.25) is 5.91 Å². The molecule has 0 radical (unpaired) electrons. The van der Waals surface area contributed by atoms with Crippen LogP contribution in [0.15, 0.2) is 48.5 Å². The Morgan fingerprint density at radius 2 is 1.88 bits per heavy atom. The molecule has 6 heteroatoms. The molecule has 2 aromatic rings. The first kappa shape index (κ1) is 17.5. The molecule has 2 aromatic carbocycles. The number of anilines is 1. The number of carbonyl (C=O) groups excluding carboxylic acids is 2. The zero-order valence-corrected chi connectivity index (χ0v) is 14.6. The monoisotopic (exact) mass is 358 g/mol. The number of aliphatic hydroxyl groups excluding tert-OH is 1. The molecule has 1 atom stereocenters. The molecule has 0 aliphatic carbocycles. The van der Waals surface area contributed by atoms with Crippen LogP contribution in [0.1, 0.15) is 17.2 Å². The molecule has 3 rings (SSSR count). The van der Waals surface area contributed by atoms with Crippen LogP contribution in [0.25, 0.3) is 0 Å². The van der Waals surface area contributed by atoms with E-state index in [1.807, 2.05) is 31.2 Å². The predicted molar refractivity (Wildman–Crippen MR) is 96.5 cm³/mol. The van der Waals surface area contributed by atoms with E-state index in [1.165, 1.54) is 4.90 Å². The number of amides is 2. The average molecular weight is 359 g/mol. The van der Waals surface area contributed by atoms with Gasteiger partial charge >= 0.3 is 0 Å². The summed E-state index contributed by atoms with van der Waals surface area (Å²) in [4.78, 5) is 28.0. The second-order valence-electron chi connectivity index (χ2n) is 6.10. The fourth-order valence-electron chi connectivity index (χ4n) is 2.85. The van der Waals surface area contributed by atoms with Gasteiger partial charge in [-0.05, 0) is 36.8 Å². The molecule has 1 fully saturated rings. The van der Waals surface area contributed by atoms with Crippen LogP contribution < -0.4 is 4.90 Å². The molecule has 2 amide bonds. The summed E-state index contributed by atoms with van der Waals surface area (Å²) in [6.45, 7) is 2.70. The Kier molecular flexibility index (Phi) is 5.06. The molecular formula is C19H19ClN2O3. The van der Waals surface area contributed by atoms with Crippen LogP contribution in [0.4, 0.5) is 5.69 Å². The van der Waals surface area contributed by atoms with Crippen molar-refractivity contribution in [2.24, 2.45) is 0 Å².